The van der Waals surface area contributed by atoms with Gasteiger partial charge < -0.3 is 4.52 Å². The summed E-state index contributed by atoms with van der Waals surface area (Å²) in [6, 6.07) is 4.80. The van der Waals surface area contributed by atoms with Gasteiger partial charge in [0.25, 0.3) is 0 Å². The summed E-state index contributed by atoms with van der Waals surface area (Å²) in [4.78, 5) is 6.61. The molecule has 0 N–H and O–H groups in total. The van der Waals surface area contributed by atoms with Gasteiger partial charge in [0.05, 0.1) is 11.6 Å². The van der Waals surface area contributed by atoms with Gasteiger partial charge >= 0.3 is 0 Å². The number of aryl methyl sites for hydroxylation is 1. The van der Waals surface area contributed by atoms with E-state index in [1.54, 1.807) is 12.1 Å². The lowest BCUT2D eigenvalue weighted by Crippen LogP contribution is -2.48. The number of piperazine rings is 1. The zero-order valence-corrected chi connectivity index (χ0v) is 17.5. The van der Waals surface area contributed by atoms with Gasteiger partial charge in [0.1, 0.15) is 4.90 Å². The molecule has 1 aromatic heterocycles. The lowest BCUT2D eigenvalue weighted by atomic mass is 10.3. The topological polar surface area (TPSA) is 79.5 Å². The molecule has 0 bridgehead atoms. The highest BCUT2D eigenvalue weighted by atomic mass is 79.9. The molecule has 0 radical (unpaired) electrons. The van der Waals surface area contributed by atoms with Crippen LogP contribution in [-0.4, -0.2) is 53.9 Å². The molecular weight excluding hydrogens is 444 g/mol. The van der Waals surface area contributed by atoms with Crippen molar-refractivity contribution in [1.29, 1.82) is 0 Å². The van der Waals surface area contributed by atoms with E-state index in [0.717, 1.165) is 17.3 Å². The number of hydrogen-bond acceptors (Lipinski definition) is 6. The number of benzene rings is 1. The van der Waals surface area contributed by atoms with Crippen molar-refractivity contribution in [2.45, 2.75) is 31.2 Å². The highest BCUT2D eigenvalue weighted by Crippen LogP contribution is 2.28. The molecule has 0 spiro atoms. The van der Waals surface area contributed by atoms with E-state index in [9.17, 15) is 8.42 Å². The quantitative estimate of drug-likeness (QED) is 0.655. The fraction of sp³-hybridized carbons (Fsp3) is 0.500. The van der Waals surface area contributed by atoms with E-state index < -0.39 is 10.0 Å². The molecule has 3 rings (SSSR count). The minimum atomic E-state index is -3.60. The third-order valence-corrected chi connectivity index (χ3v) is 7.06. The van der Waals surface area contributed by atoms with Gasteiger partial charge in [-0.15, -0.1) is 0 Å². The maximum atomic E-state index is 12.8. The Morgan fingerprint density at radius 2 is 2.00 bits per heavy atom. The Hall–Kier alpha value is -1.00. The second-order valence-corrected chi connectivity index (χ2v) is 9.34. The number of rotatable bonds is 6. The molecule has 1 saturated heterocycles. The van der Waals surface area contributed by atoms with E-state index in [1.807, 2.05) is 0 Å². The molecule has 1 aliphatic heterocycles. The van der Waals surface area contributed by atoms with E-state index in [1.165, 1.54) is 10.4 Å². The zero-order valence-electron chi connectivity index (χ0n) is 14.4. The SMILES string of the molecule is CCCc1nc(CN2CCN(S(=O)(=O)c3ccc(Br)cc3Cl)CC2)no1. The summed E-state index contributed by atoms with van der Waals surface area (Å²) in [6.07, 6.45) is 1.73. The molecule has 1 aromatic carbocycles. The van der Waals surface area contributed by atoms with Crippen LogP contribution in [0, 0.1) is 0 Å². The van der Waals surface area contributed by atoms with Crippen LogP contribution in [0.25, 0.3) is 0 Å². The second-order valence-electron chi connectivity index (χ2n) is 6.11. The fourth-order valence-electron chi connectivity index (χ4n) is 2.82. The Bertz CT molecular complexity index is 866. The largest absolute Gasteiger partial charge is 0.339 e. The predicted octanol–water partition coefficient (Wildman–Crippen LogP) is 2.94. The van der Waals surface area contributed by atoms with Crippen molar-refractivity contribution in [1.82, 2.24) is 19.3 Å². The summed E-state index contributed by atoms with van der Waals surface area (Å²) in [5.74, 6) is 1.29. The summed E-state index contributed by atoms with van der Waals surface area (Å²) in [6.45, 7) is 4.61. The van der Waals surface area contributed by atoms with Crippen molar-refractivity contribution in [3.8, 4) is 0 Å². The van der Waals surface area contributed by atoms with E-state index in [0.29, 0.717) is 44.4 Å². The molecule has 0 atom stereocenters. The predicted molar refractivity (Wildman–Crippen MR) is 101 cm³/mol. The first-order valence-electron chi connectivity index (χ1n) is 8.39. The fourth-order valence-corrected chi connectivity index (χ4v) is 5.25. The summed E-state index contributed by atoms with van der Waals surface area (Å²) in [7, 11) is -3.60. The van der Waals surface area contributed by atoms with Crippen LogP contribution in [0.1, 0.15) is 25.1 Å². The molecule has 2 aromatic rings. The van der Waals surface area contributed by atoms with Crippen LogP contribution >= 0.6 is 27.5 Å². The lowest BCUT2D eigenvalue weighted by molar-refractivity contribution is 0.176. The van der Waals surface area contributed by atoms with Gasteiger partial charge in [0, 0.05) is 37.1 Å². The van der Waals surface area contributed by atoms with Crippen LogP contribution in [0.5, 0.6) is 0 Å². The van der Waals surface area contributed by atoms with Crippen LogP contribution < -0.4 is 0 Å². The van der Waals surface area contributed by atoms with Crippen LogP contribution in [0.2, 0.25) is 5.02 Å². The van der Waals surface area contributed by atoms with Gasteiger partial charge in [0.15, 0.2) is 5.82 Å². The Kier molecular flexibility index (Phi) is 6.34. The van der Waals surface area contributed by atoms with E-state index in [4.69, 9.17) is 16.1 Å². The van der Waals surface area contributed by atoms with Gasteiger partial charge in [-0.1, -0.05) is 39.6 Å². The first kappa shape index (κ1) is 19.8. The molecule has 10 heteroatoms. The molecule has 1 aliphatic rings. The summed E-state index contributed by atoms with van der Waals surface area (Å²) < 4.78 is 33.1. The summed E-state index contributed by atoms with van der Waals surface area (Å²) >= 11 is 9.41. The zero-order chi connectivity index (χ0) is 18.7. The van der Waals surface area contributed by atoms with Crippen LogP contribution in [0.4, 0.5) is 0 Å². The lowest BCUT2D eigenvalue weighted by Gasteiger charge is -2.33. The molecule has 7 nitrogen and oxygen atoms in total. The Balaban J connectivity index is 1.62. The van der Waals surface area contributed by atoms with Gasteiger partial charge in [0.2, 0.25) is 15.9 Å². The van der Waals surface area contributed by atoms with Gasteiger partial charge in [-0.05, 0) is 24.6 Å². The monoisotopic (exact) mass is 462 g/mol. The van der Waals surface area contributed by atoms with Crippen molar-refractivity contribution in [3.05, 3.63) is 39.4 Å². The molecule has 1 fully saturated rings. The van der Waals surface area contributed by atoms with E-state index in [-0.39, 0.29) is 9.92 Å². The van der Waals surface area contributed by atoms with Crippen molar-refractivity contribution in [2.24, 2.45) is 0 Å². The maximum Gasteiger partial charge on any atom is 0.244 e. The van der Waals surface area contributed by atoms with Crippen molar-refractivity contribution < 1.29 is 12.9 Å². The van der Waals surface area contributed by atoms with Crippen molar-refractivity contribution in [3.63, 3.8) is 0 Å². The average Bonchev–Trinajstić information content (AvgIpc) is 3.02. The third-order valence-electron chi connectivity index (χ3n) is 4.18. The highest BCUT2D eigenvalue weighted by Gasteiger charge is 2.30. The van der Waals surface area contributed by atoms with Gasteiger partial charge in [-0.2, -0.15) is 9.29 Å². The Morgan fingerprint density at radius 3 is 2.65 bits per heavy atom. The van der Waals surface area contributed by atoms with Crippen LogP contribution in [0.15, 0.2) is 32.1 Å². The Labute approximate surface area is 166 Å². The molecule has 2 heterocycles. The molecule has 0 amide bonds. The standard InChI is InChI=1S/C16H20BrClN4O3S/c1-2-3-16-19-15(20-25-16)11-21-6-8-22(9-7-21)26(23,24)14-5-4-12(17)10-13(14)18/h4-5,10H,2-3,6-9,11H2,1H3. The molecule has 0 unspecified atom stereocenters. The highest BCUT2D eigenvalue weighted by molar-refractivity contribution is 9.10. The number of nitrogens with zero attached hydrogens (tertiary/aromatic N) is 4. The maximum absolute atomic E-state index is 12.8. The van der Waals surface area contributed by atoms with Crippen molar-refractivity contribution in [2.75, 3.05) is 26.2 Å². The number of halogens is 2. The summed E-state index contributed by atoms with van der Waals surface area (Å²) in [5, 5.41) is 4.20. The van der Waals surface area contributed by atoms with Crippen LogP contribution in [0.3, 0.4) is 0 Å². The van der Waals surface area contributed by atoms with Crippen LogP contribution in [-0.2, 0) is 23.0 Å². The molecule has 0 saturated carbocycles. The average molecular weight is 464 g/mol. The van der Waals surface area contributed by atoms with E-state index in [2.05, 4.69) is 37.9 Å². The smallest absolute Gasteiger partial charge is 0.244 e. The normalized spacial score (nSPS) is 16.9. The van der Waals surface area contributed by atoms with Gasteiger partial charge in [-0.25, -0.2) is 8.42 Å². The first-order valence-corrected chi connectivity index (χ1v) is 11.0. The molecular formula is C16H20BrClN4O3S. The molecule has 26 heavy (non-hydrogen) atoms. The van der Waals surface area contributed by atoms with Crippen molar-refractivity contribution >= 4 is 37.6 Å². The Morgan fingerprint density at radius 1 is 1.27 bits per heavy atom. The molecule has 142 valence electrons. The number of aromatic nitrogens is 2. The number of sulfonamides is 1. The molecule has 0 aliphatic carbocycles. The first-order chi connectivity index (χ1) is 12.4. The number of hydrogen-bond donors (Lipinski definition) is 0. The minimum Gasteiger partial charge on any atom is -0.339 e. The minimum absolute atomic E-state index is 0.137. The third kappa shape index (κ3) is 4.45. The van der Waals surface area contributed by atoms with E-state index >= 15 is 0 Å². The van der Waals surface area contributed by atoms with Gasteiger partial charge in [-0.3, -0.25) is 4.90 Å². The summed E-state index contributed by atoms with van der Waals surface area (Å²) in [5.41, 5.74) is 0. The second kappa shape index (κ2) is 8.35.